The minimum Gasteiger partial charge on any atom is -0.423 e. The van der Waals surface area contributed by atoms with Crippen LogP contribution in [0.4, 0.5) is 4.39 Å². The van der Waals surface area contributed by atoms with Gasteiger partial charge in [-0.25, -0.2) is 4.39 Å². The van der Waals surface area contributed by atoms with Gasteiger partial charge in [0.25, 0.3) is 5.24 Å². The Morgan fingerprint density at radius 2 is 1.67 bits per heavy atom. The van der Waals surface area contributed by atoms with Gasteiger partial charge in [0.1, 0.15) is 0 Å². The summed E-state index contributed by atoms with van der Waals surface area (Å²) in [5.41, 5.74) is -0.221. The van der Waals surface area contributed by atoms with Crippen molar-refractivity contribution >= 4 is 28.8 Å². The average molecular weight is 275 g/mol. The Balaban J connectivity index is 3.33. The summed E-state index contributed by atoms with van der Waals surface area (Å²) in [6, 6.07) is 1.79. The van der Waals surface area contributed by atoms with Crippen LogP contribution in [0.1, 0.15) is 24.2 Å². The molecule has 0 N–H and O–H groups in total. The van der Waals surface area contributed by atoms with Crippen molar-refractivity contribution in [2.75, 3.05) is 0 Å². The van der Waals surface area contributed by atoms with Crippen LogP contribution in [0.5, 0.6) is 11.5 Å². The second kappa shape index (κ2) is 5.59. The first kappa shape index (κ1) is 14.1. The van der Waals surface area contributed by atoms with E-state index in [0.29, 0.717) is 0 Å². The average Bonchev–Trinajstić information content (AvgIpc) is 2.21. The van der Waals surface area contributed by atoms with Crippen LogP contribution in [0.15, 0.2) is 12.1 Å². The smallest absolute Gasteiger partial charge is 0.308 e. The highest BCUT2D eigenvalue weighted by molar-refractivity contribution is 6.67. The quantitative estimate of drug-likeness (QED) is 0.479. The molecule has 0 fully saturated rings. The van der Waals surface area contributed by atoms with Crippen LogP contribution in [0.25, 0.3) is 0 Å². The van der Waals surface area contributed by atoms with Crippen molar-refractivity contribution in [3.63, 3.8) is 0 Å². The van der Waals surface area contributed by atoms with Crippen molar-refractivity contribution in [2.24, 2.45) is 0 Å². The Hall–Kier alpha value is -1.95. The van der Waals surface area contributed by atoms with Crippen molar-refractivity contribution in [1.29, 1.82) is 0 Å². The van der Waals surface area contributed by atoms with Gasteiger partial charge in [0.05, 0.1) is 0 Å². The second-order valence-electron chi connectivity index (χ2n) is 3.25. The Kier molecular flexibility index (Phi) is 4.38. The first-order chi connectivity index (χ1) is 8.31. The normalized spacial score (nSPS) is 9.78. The molecule has 0 saturated carbocycles. The SMILES string of the molecule is CC(=O)Oc1cc(C(=O)Cl)cc(F)c1OC(C)=O. The minimum absolute atomic E-state index is 0.221. The monoisotopic (exact) mass is 274 g/mol. The Morgan fingerprint density at radius 1 is 1.11 bits per heavy atom. The summed E-state index contributed by atoms with van der Waals surface area (Å²) in [5.74, 6) is -3.55. The maximum atomic E-state index is 13.6. The van der Waals surface area contributed by atoms with E-state index in [-0.39, 0.29) is 11.3 Å². The first-order valence-electron chi connectivity index (χ1n) is 4.71. The molecule has 18 heavy (non-hydrogen) atoms. The summed E-state index contributed by atoms with van der Waals surface area (Å²) in [6.07, 6.45) is 0. The molecule has 0 aliphatic heterocycles. The molecule has 0 aliphatic carbocycles. The lowest BCUT2D eigenvalue weighted by molar-refractivity contribution is -0.134. The molecule has 0 amide bonds. The predicted molar refractivity (Wildman–Crippen MR) is 59.2 cm³/mol. The molecule has 5 nitrogen and oxygen atoms in total. The fourth-order valence-electron chi connectivity index (χ4n) is 1.16. The topological polar surface area (TPSA) is 69.7 Å². The Morgan fingerprint density at radius 3 is 2.11 bits per heavy atom. The van der Waals surface area contributed by atoms with Gasteiger partial charge in [-0.15, -0.1) is 0 Å². The third-order valence-electron chi connectivity index (χ3n) is 1.74. The van der Waals surface area contributed by atoms with Crippen LogP contribution in [-0.4, -0.2) is 17.2 Å². The van der Waals surface area contributed by atoms with E-state index in [4.69, 9.17) is 11.6 Å². The Labute approximate surface area is 106 Å². The molecule has 1 aromatic rings. The van der Waals surface area contributed by atoms with E-state index in [1.165, 1.54) is 0 Å². The molecule has 7 heteroatoms. The molecule has 0 spiro atoms. The highest BCUT2D eigenvalue weighted by Crippen LogP contribution is 2.32. The molecule has 96 valence electrons. The number of hydrogen-bond acceptors (Lipinski definition) is 5. The number of rotatable bonds is 3. The van der Waals surface area contributed by atoms with Crippen molar-refractivity contribution < 1.29 is 28.2 Å². The summed E-state index contributed by atoms with van der Waals surface area (Å²) < 4.78 is 22.8. The number of benzene rings is 1. The van der Waals surface area contributed by atoms with E-state index in [1.807, 2.05) is 0 Å². The number of halogens is 2. The summed E-state index contributed by atoms with van der Waals surface area (Å²) >= 11 is 5.19. The van der Waals surface area contributed by atoms with Gasteiger partial charge in [-0.3, -0.25) is 14.4 Å². The van der Waals surface area contributed by atoms with Gasteiger partial charge in [0.2, 0.25) is 5.75 Å². The highest BCUT2D eigenvalue weighted by Gasteiger charge is 2.19. The molecule has 1 aromatic carbocycles. The lowest BCUT2D eigenvalue weighted by atomic mass is 10.2. The van der Waals surface area contributed by atoms with Crippen LogP contribution >= 0.6 is 11.6 Å². The van der Waals surface area contributed by atoms with Crippen LogP contribution in [-0.2, 0) is 9.59 Å². The molecule has 0 aromatic heterocycles. The Bertz CT molecular complexity index is 526. The first-order valence-corrected chi connectivity index (χ1v) is 5.09. The predicted octanol–water partition coefficient (Wildman–Crippen LogP) is 2.06. The van der Waals surface area contributed by atoms with E-state index in [1.54, 1.807) is 0 Å². The standard InChI is InChI=1S/C11H8ClFO5/c1-5(14)17-9-4-7(11(12)16)3-8(13)10(9)18-6(2)15/h3-4H,1-2H3. The fourth-order valence-corrected chi connectivity index (χ4v) is 1.26. The van der Waals surface area contributed by atoms with Crippen LogP contribution in [0.3, 0.4) is 0 Å². The fraction of sp³-hybridized carbons (Fsp3) is 0.182. The van der Waals surface area contributed by atoms with Gasteiger partial charge in [-0.2, -0.15) is 0 Å². The van der Waals surface area contributed by atoms with E-state index in [0.717, 1.165) is 26.0 Å². The van der Waals surface area contributed by atoms with Crippen molar-refractivity contribution in [1.82, 2.24) is 0 Å². The van der Waals surface area contributed by atoms with E-state index < -0.39 is 28.7 Å². The molecule has 0 radical (unpaired) electrons. The molecule has 0 heterocycles. The second-order valence-corrected chi connectivity index (χ2v) is 3.59. The van der Waals surface area contributed by atoms with Gasteiger partial charge < -0.3 is 9.47 Å². The number of carbonyl (C=O) groups excluding carboxylic acids is 3. The largest absolute Gasteiger partial charge is 0.423 e. The molecule has 0 unspecified atom stereocenters. The number of carbonyl (C=O) groups is 3. The minimum atomic E-state index is -1.03. The zero-order valence-electron chi connectivity index (χ0n) is 9.45. The van der Waals surface area contributed by atoms with Crippen molar-refractivity contribution in [2.45, 2.75) is 13.8 Å². The van der Waals surface area contributed by atoms with Gasteiger partial charge in [-0.05, 0) is 23.7 Å². The van der Waals surface area contributed by atoms with Gasteiger partial charge in [0, 0.05) is 19.4 Å². The third kappa shape index (κ3) is 3.53. The summed E-state index contributed by atoms with van der Waals surface area (Å²) in [7, 11) is 0. The van der Waals surface area contributed by atoms with Gasteiger partial charge in [-0.1, -0.05) is 0 Å². The van der Waals surface area contributed by atoms with E-state index >= 15 is 0 Å². The van der Waals surface area contributed by atoms with Gasteiger partial charge in [0.15, 0.2) is 11.6 Å². The maximum Gasteiger partial charge on any atom is 0.308 e. The number of esters is 2. The molecule has 0 bridgehead atoms. The molecule has 1 rings (SSSR count). The molecule has 0 atom stereocenters. The lowest BCUT2D eigenvalue weighted by Crippen LogP contribution is -2.09. The van der Waals surface area contributed by atoms with Crippen LogP contribution < -0.4 is 9.47 Å². The maximum absolute atomic E-state index is 13.6. The van der Waals surface area contributed by atoms with E-state index in [9.17, 15) is 18.8 Å². The highest BCUT2D eigenvalue weighted by atomic mass is 35.5. The zero-order chi connectivity index (χ0) is 13.9. The number of hydrogen-bond donors (Lipinski definition) is 0. The summed E-state index contributed by atoms with van der Waals surface area (Å²) in [6.45, 7) is 2.13. The summed E-state index contributed by atoms with van der Waals surface area (Å²) in [5, 5.41) is -0.934. The van der Waals surface area contributed by atoms with E-state index in [2.05, 4.69) is 9.47 Å². The molecular weight excluding hydrogens is 267 g/mol. The van der Waals surface area contributed by atoms with Crippen LogP contribution in [0.2, 0.25) is 0 Å². The zero-order valence-corrected chi connectivity index (χ0v) is 10.2. The third-order valence-corrected chi connectivity index (χ3v) is 1.95. The molecule has 0 saturated heterocycles. The number of ether oxygens (including phenoxy) is 2. The summed E-state index contributed by atoms with van der Waals surface area (Å²) in [4.78, 5) is 32.6. The lowest BCUT2D eigenvalue weighted by Gasteiger charge is -2.10. The van der Waals surface area contributed by atoms with Crippen LogP contribution in [0, 0.1) is 5.82 Å². The van der Waals surface area contributed by atoms with Gasteiger partial charge >= 0.3 is 11.9 Å². The van der Waals surface area contributed by atoms with Crippen molar-refractivity contribution in [3.05, 3.63) is 23.5 Å². The molecular formula is C11H8ClFO5. The van der Waals surface area contributed by atoms with Crippen molar-refractivity contribution in [3.8, 4) is 11.5 Å². The molecule has 0 aliphatic rings.